The molecule has 0 atom stereocenters. The van der Waals surface area contributed by atoms with Crippen molar-refractivity contribution in [2.75, 3.05) is 24.5 Å². The molecule has 0 aliphatic heterocycles. The molecule has 0 saturated heterocycles. The molecule has 0 bridgehead atoms. The number of nitrogens with two attached hydrogens (primary N) is 1. The summed E-state index contributed by atoms with van der Waals surface area (Å²) in [6.45, 7) is 6.60. The highest BCUT2D eigenvalue weighted by Crippen LogP contribution is 2.25. The van der Waals surface area contributed by atoms with E-state index < -0.39 is 5.54 Å². The summed E-state index contributed by atoms with van der Waals surface area (Å²) in [6.07, 6.45) is 4.95. The summed E-state index contributed by atoms with van der Waals surface area (Å²) in [4.78, 5) is 14.6. The van der Waals surface area contributed by atoms with Crippen LogP contribution in [0.5, 0.6) is 0 Å². The lowest BCUT2D eigenvalue weighted by Gasteiger charge is -2.32. The minimum Gasteiger partial charge on any atom is -0.370 e. The van der Waals surface area contributed by atoms with Gasteiger partial charge in [-0.15, -0.1) is 0 Å². The number of benzene rings is 1. The Kier molecular flexibility index (Phi) is 5.83. The van der Waals surface area contributed by atoms with Crippen molar-refractivity contribution >= 4 is 11.6 Å². The Bertz CT molecular complexity index is 495. The average molecular weight is 303 g/mol. The van der Waals surface area contributed by atoms with Gasteiger partial charge in [0.15, 0.2) is 0 Å². The Hall–Kier alpha value is -1.55. The zero-order chi connectivity index (χ0) is 16.0. The summed E-state index contributed by atoms with van der Waals surface area (Å²) in [5.41, 5.74) is 8.08. The molecule has 1 aliphatic carbocycles. The van der Waals surface area contributed by atoms with E-state index in [1.54, 1.807) is 0 Å². The van der Waals surface area contributed by atoms with Gasteiger partial charge in [0.1, 0.15) is 0 Å². The molecular weight excluding hydrogens is 274 g/mol. The Labute approximate surface area is 134 Å². The van der Waals surface area contributed by atoms with Gasteiger partial charge in [-0.1, -0.05) is 31.4 Å². The van der Waals surface area contributed by atoms with Crippen LogP contribution in [0.2, 0.25) is 0 Å². The van der Waals surface area contributed by atoms with Gasteiger partial charge in [-0.3, -0.25) is 4.79 Å². The van der Waals surface area contributed by atoms with Crippen LogP contribution in [0.4, 0.5) is 5.69 Å². The van der Waals surface area contributed by atoms with Crippen molar-refractivity contribution in [3.8, 4) is 0 Å². The van der Waals surface area contributed by atoms with Gasteiger partial charge in [0.05, 0.1) is 5.54 Å². The maximum absolute atomic E-state index is 12.3. The number of likely N-dealkylation sites (N-methyl/N-ethyl adjacent to an activating group) is 1. The maximum Gasteiger partial charge on any atom is 0.240 e. The third-order valence-corrected chi connectivity index (χ3v) is 4.61. The molecule has 3 N–H and O–H groups in total. The van der Waals surface area contributed by atoms with E-state index in [0.29, 0.717) is 6.54 Å². The lowest BCUT2D eigenvalue weighted by molar-refractivity contribution is -0.127. The molecule has 0 radical (unpaired) electrons. The number of hydrogen-bond acceptors (Lipinski definition) is 3. The predicted molar refractivity (Wildman–Crippen MR) is 92.1 cm³/mol. The Morgan fingerprint density at radius 2 is 2.05 bits per heavy atom. The second-order valence-corrected chi connectivity index (χ2v) is 6.39. The molecule has 122 valence electrons. The van der Waals surface area contributed by atoms with E-state index >= 15 is 0 Å². The Morgan fingerprint density at radius 3 is 2.68 bits per heavy atom. The summed E-state index contributed by atoms with van der Waals surface area (Å²) in [5.74, 6) is 0.0208. The first-order valence-electron chi connectivity index (χ1n) is 8.44. The highest BCUT2D eigenvalue weighted by molar-refractivity contribution is 5.86. The average Bonchev–Trinajstić information content (AvgIpc) is 2.52. The second-order valence-electron chi connectivity index (χ2n) is 6.39. The third kappa shape index (κ3) is 4.23. The first kappa shape index (κ1) is 16.8. The summed E-state index contributed by atoms with van der Waals surface area (Å²) < 4.78 is 0. The fraction of sp³-hybridized carbons (Fsp3) is 0.611. The standard InChI is InChI=1S/C18H29N3O/c1-3-21(16-9-7-8-15(2)14-16)13-12-20-17(22)18(19)10-5-4-6-11-18/h7-9,14H,3-6,10-13,19H2,1-2H3,(H,20,22). The van der Waals surface area contributed by atoms with Crippen molar-refractivity contribution in [1.82, 2.24) is 5.32 Å². The molecule has 1 fully saturated rings. The number of rotatable bonds is 6. The van der Waals surface area contributed by atoms with E-state index in [2.05, 4.69) is 48.3 Å². The number of aryl methyl sites for hydroxylation is 1. The van der Waals surface area contributed by atoms with Crippen molar-refractivity contribution in [2.45, 2.75) is 51.5 Å². The zero-order valence-electron chi connectivity index (χ0n) is 13.9. The van der Waals surface area contributed by atoms with Crippen molar-refractivity contribution in [3.05, 3.63) is 29.8 Å². The summed E-state index contributed by atoms with van der Waals surface area (Å²) in [5, 5.41) is 3.04. The fourth-order valence-electron chi connectivity index (χ4n) is 3.18. The van der Waals surface area contributed by atoms with Gasteiger partial charge < -0.3 is 16.0 Å². The van der Waals surface area contributed by atoms with Gasteiger partial charge >= 0.3 is 0 Å². The van der Waals surface area contributed by atoms with Gasteiger partial charge in [-0.05, 0) is 44.4 Å². The fourth-order valence-corrected chi connectivity index (χ4v) is 3.18. The van der Waals surface area contributed by atoms with Crippen LogP contribution in [-0.4, -0.2) is 31.1 Å². The van der Waals surface area contributed by atoms with E-state index in [4.69, 9.17) is 5.73 Å². The van der Waals surface area contributed by atoms with Crippen molar-refractivity contribution < 1.29 is 4.79 Å². The third-order valence-electron chi connectivity index (χ3n) is 4.61. The summed E-state index contributed by atoms with van der Waals surface area (Å²) in [6, 6.07) is 8.46. The van der Waals surface area contributed by atoms with E-state index in [-0.39, 0.29) is 5.91 Å². The van der Waals surface area contributed by atoms with Crippen molar-refractivity contribution in [3.63, 3.8) is 0 Å². The van der Waals surface area contributed by atoms with Gasteiger partial charge in [-0.25, -0.2) is 0 Å². The van der Waals surface area contributed by atoms with Crippen LogP contribution in [0.3, 0.4) is 0 Å². The number of nitrogens with zero attached hydrogens (tertiary/aromatic N) is 1. The molecule has 0 spiro atoms. The lowest BCUT2D eigenvalue weighted by Crippen LogP contribution is -2.55. The molecule has 1 amide bonds. The molecule has 1 aromatic rings. The second kappa shape index (κ2) is 7.63. The monoisotopic (exact) mass is 303 g/mol. The highest BCUT2D eigenvalue weighted by atomic mass is 16.2. The lowest BCUT2D eigenvalue weighted by atomic mass is 9.82. The highest BCUT2D eigenvalue weighted by Gasteiger charge is 2.34. The molecular formula is C18H29N3O. The van der Waals surface area contributed by atoms with Crippen molar-refractivity contribution in [2.24, 2.45) is 5.73 Å². The van der Waals surface area contributed by atoms with Crippen LogP contribution in [0, 0.1) is 6.92 Å². The van der Waals surface area contributed by atoms with Crippen LogP contribution in [0.25, 0.3) is 0 Å². The van der Waals surface area contributed by atoms with E-state index in [1.807, 2.05) is 0 Å². The number of carbonyl (C=O) groups excluding carboxylic acids is 1. The number of amides is 1. The Balaban J connectivity index is 1.85. The van der Waals surface area contributed by atoms with Crippen molar-refractivity contribution in [1.29, 1.82) is 0 Å². The number of carbonyl (C=O) groups is 1. The first-order chi connectivity index (χ1) is 10.5. The quantitative estimate of drug-likeness (QED) is 0.849. The molecule has 1 aliphatic rings. The molecule has 0 aromatic heterocycles. The summed E-state index contributed by atoms with van der Waals surface area (Å²) in [7, 11) is 0. The van der Waals surface area contributed by atoms with Gasteiger partial charge in [-0.2, -0.15) is 0 Å². The van der Waals surface area contributed by atoms with Gasteiger partial charge in [0.2, 0.25) is 5.91 Å². The van der Waals surface area contributed by atoms with Crippen LogP contribution in [-0.2, 0) is 4.79 Å². The molecule has 0 heterocycles. The topological polar surface area (TPSA) is 58.4 Å². The molecule has 22 heavy (non-hydrogen) atoms. The van der Waals surface area contributed by atoms with E-state index in [1.165, 1.54) is 17.7 Å². The van der Waals surface area contributed by atoms with Crippen LogP contribution in [0.1, 0.15) is 44.6 Å². The molecule has 1 aromatic carbocycles. The Morgan fingerprint density at radius 1 is 1.32 bits per heavy atom. The predicted octanol–water partition coefficient (Wildman–Crippen LogP) is 2.60. The van der Waals surface area contributed by atoms with Crippen LogP contribution < -0.4 is 16.0 Å². The summed E-state index contributed by atoms with van der Waals surface area (Å²) >= 11 is 0. The van der Waals surface area contributed by atoms with E-state index in [9.17, 15) is 4.79 Å². The smallest absolute Gasteiger partial charge is 0.240 e. The first-order valence-corrected chi connectivity index (χ1v) is 8.44. The largest absolute Gasteiger partial charge is 0.370 e. The number of hydrogen-bond donors (Lipinski definition) is 2. The van der Waals surface area contributed by atoms with Crippen LogP contribution in [0.15, 0.2) is 24.3 Å². The molecule has 4 heteroatoms. The normalized spacial score (nSPS) is 17.0. The number of anilines is 1. The van der Waals surface area contributed by atoms with Gasteiger partial charge in [0, 0.05) is 25.3 Å². The minimum atomic E-state index is -0.640. The molecule has 1 saturated carbocycles. The molecule has 2 rings (SSSR count). The minimum absolute atomic E-state index is 0.0208. The molecule has 0 unspecified atom stereocenters. The number of nitrogens with one attached hydrogen (secondary N) is 1. The van der Waals surface area contributed by atoms with Crippen LogP contribution >= 0.6 is 0 Å². The van der Waals surface area contributed by atoms with Gasteiger partial charge in [0.25, 0.3) is 0 Å². The SMILES string of the molecule is CCN(CCNC(=O)C1(N)CCCCC1)c1cccc(C)c1. The van der Waals surface area contributed by atoms with E-state index in [0.717, 1.165) is 38.8 Å². The maximum atomic E-state index is 12.3. The zero-order valence-corrected chi connectivity index (χ0v) is 13.9. The molecule has 4 nitrogen and oxygen atoms in total.